The Kier molecular flexibility index (Phi) is 7.06. The number of nitrogens with zero attached hydrogens (tertiary/aromatic N) is 1. The quantitative estimate of drug-likeness (QED) is 0.176. The van der Waals surface area contributed by atoms with E-state index in [1.165, 1.54) is 70.9 Å². The molecule has 0 saturated carbocycles. The van der Waals surface area contributed by atoms with E-state index in [2.05, 4.69) is 195 Å². The predicted octanol–water partition coefficient (Wildman–Crippen LogP) is 7.68. The highest BCUT2D eigenvalue weighted by Crippen LogP contribution is 2.43. The smallest absolute Gasteiger partial charge is 0.256 e. The van der Waals surface area contributed by atoms with Gasteiger partial charge in [0.1, 0.15) is 11.5 Å². The van der Waals surface area contributed by atoms with E-state index in [0.717, 1.165) is 11.5 Å². The van der Waals surface area contributed by atoms with E-state index in [9.17, 15) is 0 Å². The molecule has 3 aliphatic rings. The molecule has 3 heterocycles. The fourth-order valence-electron chi connectivity index (χ4n) is 9.11. The van der Waals surface area contributed by atoms with Gasteiger partial charge in [-0.15, -0.1) is 0 Å². The molecule has 258 valence electrons. The van der Waals surface area contributed by atoms with Crippen molar-refractivity contribution in [2.45, 2.75) is 78.6 Å². The van der Waals surface area contributed by atoms with E-state index < -0.39 is 8.07 Å². The minimum Gasteiger partial charge on any atom is -0.458 e. The van der Waals surface area contributed by atoms with Crippen molar-refractivity contribution in [1.82, 2.24) is 0 Å². The third-order valence-corrected chi connectivity index (χ3v) is 16.7. The van der Waals surface area contributed by atoms with Gasteiger partial charge in [0.2, 0.25) is 0 Å². The number of rotatable bonds is 3. The second-order valence-electron chi connectivity index (χ2n) is 18.2. The Hall–Kier alpha value is -4.80. The van der Waals surface area contributed by atoms with Crippen LogP contribution in [0.4, 0.5) is 17.1 Å². The van der Waals surface area contributed by atoms with Crippen molar-refractivity contribution < 1.29 is 4.74 Å². The van der Waals surface area contributed by atoms with Gasteiger partial charge < -0.3 is 9.64 Å². The van der Waals surface area contributed by atoms with Crippen molar-refractivity contribution in [3.8, 4) is 11.5 Å². The highest BCUT2D eigenvalue weighted by Gasteiger charge is 2.56. The van der Waals surface area contributed by atoms with Crippen LogP contribution in [0.25, 0.3) is 0 Å². The molecule has 3 aliphatic heterocycles. The zero-order chi connectivity index (χ0) is 36.4. The first-order valence-corrected chi connectivity index (χ1v) is 20.9. The summed E-state index contributed by atoms with van der Waals surface area (Å²) in [4.78, 5) is 2.55. The lowest BCUT2D eigenvalue weighted by Crippen LogP contribution is -2.88. The highest BCUT2D eigenvalue weighted by atomic mass is 28.3. The summed E-state index contributed by atoms with van der Waals surface area (Å²) in [5.41, 5.74) is 11.7. The molecule has 0 atom stereocenters. The number of hydrogen-bond acceptors (Lipinski definition) is 2. The van der Waals surface area contributed by atoms with E-state index in [1.807, 2.05) is 0 Å². The first kappa shape index (κ1) is 33.1. The summed E-state index contributed by atoms with van der Waals surface area (Å²) in [5.74, 6) is 1.98. The van der Waals surface area contributed by atoms with Gasteiger partial charge in [-0.1, -0.05) is 153 Å². The minimum atomic E-state index is -2.95. The fraction of sp³-hybridized carbons (Fsp3) is 0.250. The maximum absolute atomic E-state index is 7.17. The Morgan fingerprint density at radius 3 is 1.56 bits per heavy atom. The lowest BCUT2D eigenvalue weighted by molar-refractivity contribution is 0.483. The van der Waals surface area contributed by atoms with E-state index in [4.69, 9.17) is 4.74 Å². The van der Waals surface area contributed by atoms with Crippen molar-refractivity contribution in [3.05, 3.63) is 144 Å². The van der Waals surface area contributed by atoms with E-state index in [-0.39, 0.29) is 23.0 Å². The van der Waals surface area contributed by atoms with Gasteiger partial charge in [-0.3, -0.25) is 0 Å². The average molecular weight is 694 g/mol. The molecular formula is C48H48BNOSi. The van der Waals surface area contributed by atoms with Crippen LogP contribution in [0.3, 0.4) is 0 Å². The first-order chi connectivity index (χ1) is 24.7. The topological polar surface area (TPSA) is 12.5 Å². The van der Waals surface area contributed by atoms with Crippen LogP contribution in [0, 0.1) is 0 Å². The van der Waals surface area contributed by atoms with Crippen LogP contribution in [0.15, 0.2) is 127 Å². The van der Waals surface area contributed by atoms with Crippen LogP contribution in [0.2, 0.25) is 0 Å². The average Bonchev–Trinajstić information content (AvgIpc) is 3.11. The summed E-state index contributed by atoms with van der Waals surface area (Å²) >= 11 is 0. The van der Waals surface area contributed by atoms with Crippen LogP contribution in [0.5, 0.6) is 11.5 Å². The maximum Gasteiger partial charge on any atom is 0.256 e. The normalized spacial score (nSPS) is 15.2. The summed E-state index contributed by atoms with van der Waals surface area (Å²) in [6, 6.07) is 49.0. The molecular weight excluding hydrogens is 645 g/mol. The van der Waals surface area contributed by atoms with Gasteiger partial charge in [0.25, 0.3) is 6.71 Å². The van der Waals surface area contributed by atoms with Crippen LogP contribution < -0.4 is 46.8 Å². The Labute approximate surface area is 311 Å². The monoisotopic (exact) mass is 693 g/mol. The summed E-state index contributed by atoms with van der Waals surface area (Å²) < 4.78 is 7.17. The number of ether oxygens (including phenoxy) is 1. The van der Waals surface area contributed by atoms with Crippen LogP contribution >= 0.6 is 0 Å². The van der Waals surface area contributed by atoms with E-state index >= 15 is 0 Å². The molecule has 52 heavy (non-hydrogen) atoms. The number of hydrogen-bond donors (Lipinski definition) is 0. The van der Waals surface area contributed by atoms with Gasteiger partial charge >= 0.3 is 0 Å². The second-order valence-corrected chi connectivity index (χ2v) is 22.0. The van der Waals surface area contributed by atoms with E-state index in [1.54, 1.807) is 0 Å². The molecule has 0 amide bonds. The highest BCUT2D eigenvalue weighted by molar-refractivity contribution is 7.27. The van der Waals surface area contributed by atoms with Crippen molar-refractivity contribution in [3.63, 3.8) is 0 Å². The molecule has 0 fully saturated rings. The predicted molar refractivity (Wildman–Crippen MR) is 226 cm³/mol. The zero-order valence-corrected chi connectivity index (χ0v) is 33.1. The Bertz CT molecular complexity index is 2340. The molecule has 0 saturated heterocycles. The summed E-state index contributed by atoms with van der Waals surface area (Å²) in [6.07, 6.45) is 0. The Morgan fingerprint density at radius 2 is 1.00 bits per heavy atom. The van der Waals surface area contributed by atoms with Crippen LogP contribution in [-0.2, 0) is 16.2 Å². The van der Waals surface area contributed by atoms with Gasteiger partial charge in [-0.25, -0.2) is 0 Å². The Balaban J connectivity index is 1.50. The van der Waals surface area contributed by atoms with Gasteiger partial charge in [-0.05, 0) is 106 Å². The summed E-state index contributed by atoms with van der Waals surface area (Å²) in [7, 11) is -2.95. The lowest BCUT2D eigenvalue weighted by Gasteiger charge is -2.50. The molecule has 0 bridgehead atoms. The van der Waals surface area contributed by atoms with Gasteiger partial charge in [0.05, 0.1) is 0 Å². The van der Waals surface area contributed by atoms with Crippen LogP contribution in [0.1, 0.15) is 79.0 Å². The molecule has 0 spiro atoms. The summed E-state index contributed by atoms with van der Waals surface area (Å²) in [5, 5.41) is 5.78. The van der Waals surface area contributed by atoms with Gasteiger partial charge in [0, 0.05) is 17.1 Å². The van der Waals surface area contributed by atoms with Crippen molar-refractivity contribution in [1.29, 1.82) is 0 Å². The molecule has 0 radical (unpaired) electrons. The SMILES string of the molecule is CC(C)(C)c1ccc(N2c3cccc4c3B3c5c(cc(C(C)(C)C)cc5[Si](c5ccccc5)(c5ccccc5)c5cc(C(C)(C)C)cc2c53)O4)cc1. The third-order valence-electron chi connectivity index (χ3n) is 11.9. The van der Waals surface area contributed by atoms with E-state index in [0.29, 0.717) is 0 Å². The second kappa shape index (κ2) is 11.1. The Morgan fingerprint density at radius 1 is 0.462 bits per heavy atom. The van der Waals surface area contributed by atoms with Crippen molar-refractivity contribution in [2.75, 3.05) is 4.90 Å². The molecule has 6 aromatic rings. The first-order valence-electron chi connectivity index (χ1n) is 18.9. The molecule has 2 nitrogen and oxygen atoms in total. The molecule has 6 aromatic carbocycles. The largest absolute Gasteiger partial charge is 0.458 e. The molecule has 4 heteroatoms. The third kappa shape index (κ3) is 4.69. The number of benzene rings is 6. The van der Waals surface area contributed by atoms with Crippen LogP contribution in [-0.4, -0.2) is 14.8 Å². The molecule has 0 unspecified atom stereocenters. The van der Waals surface area contributed by atoms with Crippen molar-refractivity contribution in [2.24, 2.45) is 0 Å². The number of anilines is 3. The lowest BCUT2D eigenvalue weighted by atomic mass is 9.33. The standard InChI is InChI=1S/C48H48BNOSi/c1-46(2,3)31-23-25-34(26-24-31)50-37-21-16-22-39-43(37)49-44-38(50)27-32(47(4,5)6)29-41(44)52(35-17-12-10-13-18-35,36-19-14-11-15-20-36)42-30-33(48(7,8)9)28-40(51-39)45(42)49/h10-30H,1-9H3. The molecule has 0 N–H and O–H groups in total. The van der Waals surface area contributed by atoms with Gasteiger partial charge in [0.15, 0.2) is 8.07 Å². The maximum atomic E-state index is 7.17. The minimum absolute atomic E-state index is 0.0637. The fourth-order valence-corrected chi connectivity index (χ4v) is 14.5. The summed E-state index contributed by atoms with van der Waals surface area (Å²) in [6.45, 7) is 21.0. The van der Waals surface area contributed by atoms with Crippen molar-refractivity contribution >= 4 is 69.0 Å². The molecule has 0 aliphatic carbocycles. The zero-order valence-electron chi connectivity index (χ0n) is 32.1. The van der Waals surface area contributed by atoms with Gasteiger partial charge in [-0.2, -0.15) is 0 Å². The molecule has 9 rings (SSSR count). The molecule has 0 aromatic heterocycles.